The van der Waals surface area contributed by atoms with Crippen molar-refractivity contribution < 1.29 is 0 Å². The fraction of sp³-hybridized carbons (Fsp3) is 0.750. The van der Waals surface area contributed by atoms with Gasteiger partial charge in [0.2, 0.25) is 5.95 Å². The molecule has 0 atom stereocenters. The molecule has 4 nitrogen and oxygen atoms in total. The minimum absolute atomic E-state index is 0.555. The summed E-state index contributed by atoms with van der Waals surface area (Å²) in [7, 11) is 2.11. The van der Waals surface area contributed by atoms with Crippen LogP contribution in [0.15, 0.2) is 6.07 Å². The SMILES string of the molecule is CCCCN(C)c1cc(C)nc(NC2CCCCC2)n1. The van der Waals surface area contributed by atoms with E-state index in [-0.39, 0.29) is 0 Å². The first kappa shape index (κ1) is 15.1. The van der Waals surface area contributed by atoms with Gasteiger partial charge in [0.1, 0.15) is 5.82 Å². The normalized spacial score (nSPS) is 16.1. The summed E-state index contributed by atoms with van der Waals surface area (Å²) in [6.45, 7) is 5.32. The van der Waals surface area contributed by atoms with Gasteiger partial charge in [0.05, 0.1) is 0 Å². The molecule has 0 bridgehead atoms. The van der Waals surface area contributed by atoms with Crippen LogP contribution in [0.4, 0.5) is 11.8 Å². The van der Waals surface area contributed by atoms with Crippen molar-refractivity contribution >= 4 is 11.8 Å². The van der Waals surface area contributed by atoms with E-state index < -0.39 is 0 Å². The molecule has 0 aromatic carbocycles. The van der Waals surface area contributed by atoms with Gasteiger partial charge in [-0.2, -0.15) is 4.98 Å². The van der Waals surface area contributed by atoms with E-state index >= 15 is 0 Å². The van der Waals surface area contributed by atoms with Crippen molar-refractivity contribution in [3.63, 3.8) is 0 Å². The fourth-order valence-electron chi connectivity index (χ4n) is 2.75. The lowest BCUT2D eigenvalue weighted by molar-refractivity contribution is 0.460. The highest BCUT2D eigenvalue weighted by molar-refractivity contribution is 5.44. The second-order valence-corrected chi connectivity index (χ2v) is 5.95. The molecule has 0 spiro atoms. The van der Waals surface area contributed by atoms with Crippen LogP contribution in [-0.2, 0) is 0 Å². The topological polar surface area (TPSA) is 41.1 Å². The molecule has 112 valence electrons. The standard InChI is InChI=1S/C16H28N4/c1-4-5-11-20(3)15-12-13(2)17-16(19-15)18-14-9-7-6-8-10-14/h12,14H,4-11H2,1-3H3,(H,17,18,19). The quantitative estimate of drug-likeness (QED) is 0.859. The second-order valence-electron chi connectivity index (χ2n) is 5.95. The Kier molecular flexibility index (Phi) is 5.62. The molecule has 0 radical (unpaired) electrons. The third-order valence-corrected chi connectivity index (χ3v) is 4.02. The van der Waals surface area contributed by atoms with Crippen LogP contribution in [0.1, 0.15) is 57.6 Å². The average Bonchev–Trinajstić information content (AvgIpc) is 2.45. The number of anilines is 2. The largest absolute Gasteiger partial charge is 0.360 e. The Morgan fingerprint density at radius 1 is 1.25 bits per heavy atom. The maximum absolute atomic E-state index is 4.68. The summed E-state index contributed by atoms with van der Waals surface area (Å²) in [4.78, 5) is 11.5. The average molecular weight is 276 g/mol. The lowest BCUT2D eigenvalue weighted by atomic mass is 9.96. The van der Waals surface area contributed by atoms with E-state index in [0.717, 1.165) is 24.0 Å². The third-order valence-electron chi connectivity index (χ3n) is 4.02. The van der Waals surface area contributed by atoms with Crippen LogP contribution in [0.2, 0.25) is 0 Å². The summed E-state index contributed by atoms with van der Waals surface area (Å²) in [6, 6.07) is 2.63. The van der Waals surface area contributed by atoms with Gasteiger partial charge in [-0.25, -0.2) is 4.98 Å². The van der Waals surface area contributed by atoms with Crippen molar-refractivity contribution in [1.29, 1.82) is 0 Å². The van der Waals surface area contributed by atoms with Gasteiger partial charge in [-0.05, 0) is 26.2 Å². The van der Waals surface area contributed by atoms with Crippen LogP contribution in [0.5, 0.6) is 0 Å². The minimum Gasteiger partial charge on any atom is -0.360 e. The predicted octanol–water partition coefficient (Wildman–Crippen LogP) is 3.77. The van der Waals surface area contributed by atoms with Crippen molar-refractivity contribution in [3.8, 4) is 0 Å². The Bertz CT molecular complexity index is 413. The highest BCUT2D eigenvalue weighted by Gasteiger charge is 2.15. The number of aryl methyl sites for hydroxylation is 1. The molecule has 0 amide bonds. The van der Waals surface area contributed by atoms with E-state index in [1.54, 1.807) is 0 Å². The number of unbranched alkanes of at least 4 members (excludes halogenated alkanes) is 1. The number of hydrogen-bond acceptors (Lipinski definition) is 4. The second kappa shape index (κ2) is 7.46. The number of hydrogen-bond donors (Lipinski definition) is 1. The molecule has 1 N–H and O–H groups in total. The molecule has 4 heteroatoms. The highest BCUT2D eigenvalue weighted by Crippen LogP contribution is 2.21. The van der Waals surface area contributed by atoms with Crippen molar-refractivity contribution in [3.05, 3.63) is 11.8 Å². The van der Waals surface area contributed by atoms with Gasteiger partial charge in [-0.3, -0.25) is 0 Å². The van der Waals surface area contributed by atoms with Gasteiger partial charge >= 0.3 is 0 Å². The van der Waals surface area contributed by atoms with Crippen LogP contribution < -0.4 is 10.2 Å². The summed E-state index contributed by atoms with van der Waals surface area (Å²) in [5.74, 6) is 1.83. The minimum atomic E-state index is 0.555. The maximum atomic E-state index is 4.68. The van der Waals surface area contributed by atoms with Crippen molar-refractivity contribution in [2.75, 3.05) is 23.8 Å². The van der Waals surface area contributed by atoms with Crippen molar-refractivity contribution in [2.45, 2.75) is 64.8 Å². The molecule has 2 rings (SSSR count). The smallest absolute Gasteiger partial charge is 0.225 e. The first-order valence-corrected chi connectivity index (χ1v) is 8.02. The van der Waals surface area contributed by atoms with Crippen molar-refractivity contribution in [1.82, 2.24) is 9.97 Å². The zero-order valence-corrected chi connectivity index (χ0v) is 13.2. The number of aromatic nitrogens is 2. The van der Waals surface area contributed by atoms with Gasteiger partial charge in [0.15, 0.2) is 0 Å². The number of nitrogens with one attached hydrogen (secondary N) is 1. The molecule has 1 aliphatic carbocycles. The number of nitrogens with zero attached hydrogens (tertiary/aromatic N) is 3. The molecular formula is C16H28N4. The van der Waals surface area contributed by atoms with E-state index in [2.05, 4.69) is 40.2 Å². The van der Waals surface area contributed by atoms with Crippen LogP contribution in [0.25, 0.3) is 0 Å². The summed E-state index contributed by atoms with van der Waals surface area (Å²) < 4.78 is 0. The number of rotatable bonds is 6. The van der Waals surface area contributed by atoms with Gasteiger partial charge < -0.3 is 10.2 Å². The Morgan fingerprint density at radius 2 is 2.00 bits per heavy atom. The van der Waals surface area contributed by atoms with Gasteiger partial charge in [0.25, 0.3) is 0 Å². The van der Waals surface area contributed by atoms with Crippen LogP contribution >= 0.6 is 0 Å². The van der Waals surface area contributed by atoms with Gasteiger partial charge in [0, 0.05) is 31.4 Å². The molecule has 0 aliphatic heterocycles. The molecule has 1 saturated carbocycles. The molecule has 1 fully saturated rings. The monoisotopic (exact) mass is 276 g/mol. The lowest BCUT2D eigenvalue weighted by Gasteiger charge is -2.24. The molecule has 1 aromatic heterocycles. The Labute approximate surface area is 123 Å². The Hall–Kier alpha value is -1.32. The maximum Gasteiger partial charge on any atom is 0.225 e. The first-order chi connectivity index (χ1) is 9.69. The zero-order chi connectivity index (χ0) is 14.4. The van der Waals surface area contributed by atoms with E-state index in [4.69, 9.17) is 0 Å². The third kappa shape index (κ3) is 4.36. The molecule has 0 saturated heterocycles. The van der Waals surface area contributed by atoms with E-state index in [1.165, 1.54) is 44.9 Å². The lowest BCUT2D eigenvalue weighted by Crippen LogP contribution is -2.25. The van der Waals surface area contributed by atoms with E-state index in [1.807, 2.05) is 6.92 Å². The van der Waals surface area contributed by atoms with Gasteiger partial charge in [-0.1, -0.05) is 32.6 Å². The molecule has 1 aliphatic rings. The summed E-state index contributed by atoms with van der Waals surface area (Å²) in [5.41, 5.74) is 1.04. The Morgan fingerprint density at radius 3 is 2.70 bits per heavy atom. The zero-order valence-electron chi connectivity index (χ0n) is 13.2. The van der Waals surface area contributed by atoms with E-state index in [0.29, 0.717) is 6.04 Å². The Balaban J connectivity index is 2.03. The summed E-state index contributed by atoms with van der Waals surface area (Å²) >= 11 is 0. The summed E-state index contributed by atoms with van der Waals surface area (Å²) in [5, 5.41) is 3.52. The van der Waals surface area contributed by atoms with E-state index in [9.17, 15) is 0 Å². The molecule has 20 heavy (non-hydrogen) atoms. The van der Waals surface area contributed by atoms with Gasteiger partial charge in [-0.15, -0.1) is 0 Å². The first-order valence-electron chi connectivity index (χ1n) is 8.02. The molecular weight excluding hydrogens is 248 g/mol. The van der Waals surface area contributed by atoms with Crippen LogP contribution in [-0.4, -0.2) is 29.6 Å². The van der Waals surface area contributed by atoms with Crippen LogP contribution in [0, 0.1) is 6.92 Å². The summed E-state index contributed by atoms with van der Waals surface area (Å²) in [6.07, 6.45) is 8.93. The molecule has 1 heterocycles. The fourth-order valence-corrected chi connectivity index (χ4v) is 2.75. The van der Waals surface area contributed by atoms with Crippen molar-refractivity contribution in [2.24, 2.45) is 0 Å². The highest BCUT2D eigenvalue weighted by atomic mass is 15.2. The molecule has 0 unspecified atom stereocenters. The molecule has 1 aromatic rings. The van der Waals surface area contributed by atoms with Crippen LogP contribution in [0.3, 0.4) is 0 Å². The predicted molar refractivity (Wildman–Crippen MR) is 85.4 cm³/mol.